The van der Waals surface area contributed by atoms with Crippen LogP contribution in [0, 0.1) is 5.92 Å². The van der Waals surface area contributed by atoms with Gasteiger partial charge in [0.15, 0.2) is 0 Å². The Morgan fingerprint density at radius 3 is 2.29 bits per heavy atom. The first-order valence-corrected chi connectivity index (χ1v) is 5.31. The lowest BCUT2D eigenvalue weighted by Gasteiger charge is -2.39. The van der Waals surface area contributed by atoms with Crippen LogP contribution in [-0.4, -0.2) is 34.1 Å². The number of hydrogen-bond donors (Lipinski definition) is 1. The van der Waals surface area contributed by atoms with Gasteiger partial charge in [0.05, 0.1) is 6.54 Å². The topological polar surface area (TPSA) is 40.5 Å². The molecule has 1 fully saturated rings. The van der Waals surface area contributed by atoms with E-state index in [-0.39, 0.29) is 12.1 Å². The van der Waals surface area contributed by atoms with Gasteiger partial charge in [0.2, 0.25) is 0 Å². The molecule has 1 aliphatic rings. The maximum absolute atomic E-state index is 10.8. The second-order valence-corrected chi connectivity index (χ2v) is 5.27. The molecule has 0 radical (unpaired) electrons. The minimum absolute atomic E-state index is 0.0552. The number of carbonyl (C=O) groups is 1. The summed E-state index contributed by atoms with van der Waals surface area (Å²) in [6.45, 7) is 8.53. The van der Waals surface area contributed by atoms with E-state index in [4.69, 9.17) is 5.11 Å². The van der Waals surface area contributed by atoms with Crippen molar-refractivity contribution in [2.75, 3.05) is 6.54 Å². The zero-order chi connectivity index (χ0) is 10.9. The molecule has 3 nitrogen and oxygen atoms in total. The summed E-state index contributed by atoms with van der Waals surface area (Å²) in [5, 5.41) is 8.86. The van der Waals surface area contributed by atoms with Crippen molar-refractivity contribution in [3.05, 3.63) is 0 Å². The first-order chi connectivity index (χ1) is 6.32. The van der Waals surface area contributed by atoms with Crippen LogP contribution in [0.1, 0.15) is 40.5 Å². The van der Waals surface area contributed by atoms with Crippen LogP contribution < -0.4 is 0 Å². The van der Waals surface area contributed by atoms with E-state index < -0.39 is 5.97 Å². The van der Waals surface area contributed by atoms with Gasteiger partial charge in [-0.05, 0) is 46.5 Å². The van der Waals surface area contributed by atoms with Crippen LogP contribution in [0.15, 0.2) is 0 Å². The molecule has 1 aliphatic carbocycles. The smallest absolute Gasteiger partial charge is 0.317 e. The van der Waals surface area contributed by atoms with Crippen molar-refractivity contribution < 1.29 is 9.90 Å². The highest BCUT2D eigenvalue weighted by atomic mass is 16.4. The summed E-state index contributed by atoms with van der Waals surface area (Å²) < 4.78 is 0. The summed E-state index contributed by atoms with van der Waals surface area (Å²) in [7, 11) is 0. The first-order valence-electron chi connectivity index (χ1n) is 5.31. The summed E-state index contributed by atoms with van der Waals surface area (Å²) in [6.07, 6.45) is 2.51. The number of aliphatic carboxylic acids is 1. The predicted molar refractivity (Wildman–Crippen MR) is 56.3 cm³/mol. The van der Waals surface area contributed by atoms with Gasteiger partial charge >= 0.3 is 5.97 Å². The molecule has 14 heavy (non-hydrogen) atoms. The van der Waals surface area contributed by atoms with Gasteiger partial charge in [-0.25, -0.2) is 0 Å². The summed E-state index contributed by atoms with van der Waals surface area (Å²) in [4.78, 5) is 12.9. The Labute approximate surface area is 86.1 Å². The lowest BCUT2D eigenvalue weighted by atomic mass is 10.0. The molecule has 0 heterocycles. The van der Waals surface area contributed by atoms with Crippen molar-refractivity contribution in [1.82, 2.24) is 4.90 Å². The van der Waals surface area contributed by atoms with Gasteiger partial charge in [0, 0.05) is 11.6 Å². The van der Waals surface area contributed by atoms with Crippen LogP contribution in [0.25, 0.3) is 0 Å². The number of hydrogen-bond acceptors (Lipinski definition) is 2. The maximum Gasteiger partial charge on any atom is 0.317 e. The predicted octanol–water partition coefficient (Wildman–Crippen LogP) is 1.97. The fourth-order valence-electron chi connectivity index (χ4n) is 1.97. The number of carboxylic acid groups (broad SMARTS) is 1. The average Bonchev–Trinajstić information content (AvgIpc) is 2.78. The molecule has 0 aromatic carbocycles. The Kier molecular flexibility index (Phi) is 3.20. The molecular formula is C11H21NO2. The zero-order valence-electron chi connectivity index (χ0n) is 9.58. The number of carboxylic acids is 1. The normalized spacial score (nSPS) is 19.8. The SMILES string of the molecule is CC(C1CC1)N(CC(=O)O)C(C)(C)C. The van der Waals surface area contributed by atoms with E-state index in [1.807, 2.05) is 0 Å². The van der Waals surface area contributed by atoms with Crippen LogP contribution in [0.3, 0.4) is 0 Å². The molecule has 1 unspecified atom stereocenters. The van der Waals surface area contributed by atoms with E-state index in [0.29, 0.717) is 12.0 Å². The Morgan fingerprint density at radius 2 is 2.00 bits per heavy atom. The minimum atomic E-state index is -0.729. The van der Waals surface area contributed by atoms with Crippen LogP contribution in [-0.2, 0) is 4.79 Å². The molecule has 82 valence electrons. The molecule has 3 heteroatoms. The Hall–Kier alpha value is -0.570. The standard InChI is InChI=1S/C11H21NO2/c1-8(9-5-6-9)12(7-10(13)14)11(2,3)4/h8-9H,5-7H2,1-4H3,(H,13,14). The lowest BCUT2D eigenvalue weighted by Crippen LogP contribution is -2.50. The molecule has 0 aromatic rings. The molecule has 1 rings (SSSR count). The molecule has 1 saturated carbocycles. The van der Waals surface area contributed by atoms with Crippen molar-refractivity contribution in [2.24, 2.45) is 5.92 Å². The van der Waals surface area contributed by atoms with Crippen LogP contribution in [0.2, 0.25) is 0 Å². The molecule has 0 aliphatic heterocycles. The Bertz CT molecular complexity index is 216. The van der Waals surface area contributed by atoms with Gasteiger partial charge in [-0.3, -0.25) is 9.69 Å². The second-order valence-electron chi connectivity index (χ2n) is 5.27. The Balaban J connectivity index is 2.64. The number of nitrogens with zero attached hydrogens (tertiary/aromatic N) is 1. The third-order valence-electron chi connectivity index (χ3n) is 2.96. The Morgan fingerprint density at radius 1 is 1.50 bits per heavy atom. The van der Waals surface area contributed by atoms with Crippen LogP contribution in [0.5, 0.6) is 0 Å². The van der Waals surface area contributed by atoms with Crippen molar-refractivity contribution in [1.29, 1.82) is 0 Å². The molecule has 1 N–H and O–H groups in total. The van der Waals surface area contributed by atoms with Crippen LogP contribution in [0.4, 0.5) is 0 Å². The zero-order valence-corrected chi connectivity index (χ0v) is 9.58. The third-order valence-corrected chi connectivity index (χ3v) is 2.96. The summed E-state index contributed by atoms with van der Waals surface area (Å²) >= 11 is 0. The van der Waals surface area contributed by atoms with Crippen LogP contribution >= 0.6 is 0 Å². The second kappa shape index (κ2) is 3.89. The maximum atomic E-state index is 10.8. The molecule has 0 spiro atoms. The van der Waals surface area contributed by atoms with Crippen molar-refractivity contribution in [3.63, 3.8) is 0 Å². The molecule has 0 bridgehead atoms. The summed E-state index contributed by atoms with van der Waals surface area (Å²) in [5.41, 5.74) is -0.0552. The van der Waals surface area contributed by atoms with Gasteiger partial charge in [-0.1, -0.05) is 0 Å². The molecule has 1 atom stereocenters. The summed E-state index contributed by atoms with van der Waals surface area (Å²) in [5.74, 6) is -0.0130. The van der Waals surface area contributed by atoms with Crippen molar-refractivity contribution in [3.8, 4) is 0 Å². The van der Waals surface area contributed by atoms with E-state index in [9.17, 15) is 4.79 Å². The van der Waals surface area contributed by atoms with Crippen molar-refractivity contribution in [2.45, 2.75) is 52.1 Å². The fourth-order valence-corrected chi connectivity index (χ4v) is 1.97. The minimum Gasteiger partial charge on any atom is -0.480 e. The summed E-state index contributed by atoms with van der Waals surface area (Å²) in [6, 6.07) is 0.395. The molecular weight excluding hydrogens is 178 g/mol. The molecule has 0 aromatic heterocycles. The van der Waals surface area contributed by atoms with Gasteiger partial charge in [0.1, 0.15) is 0 Å². The molecule has 0 saturated heterocycles. The first kappa shape index (κ1) is 11.5. The quantitative estimate of drug-likeness (QED) is 0.752. The largest absolute Gasteiger partial charge is 0.480 e. The third kappa shape index (κ3) is 2.98. The van der Waals surface area contributed by atoms with E-state index in [2.05, 4.69) is 32.6 Å². The van der Waals surface area contributed by atoms with Gasteiger partial charge < -0.3 is 5.11 Å². The average molecular weight is 199 g/mol. The van der Waals surface area contributed by atoms with E-state index in [1.165, 1.54) is 12.8 Å². The number of rotatable bonds is 4. The van der Waals surface area contributed by atoms with E-state index in [1.54, 1.807) is 0 Å². The molecule has 0 amide bonds. The highest BCUT2D eigenvalue weighted by molar-refractivity contribution is 5.69. The lowest BCUT2D eigenvalue weighted by molar-refractivity contribution is -0.140. The van der Waals surface area contributed by atoms with Gasteiger partial charge in [0.25, 0.3) is 0 Å². The highest BCUT2D eigenvalue weighted by Gasteiger charge is 2.37. The monoisotopic (exact) mass is 199 g/mol. The fraction of sp³-hybridized carbons (Fsp3) is 0.909. The van der Waals surface area contributed by atoms with E-state index in [0.717, 1.165) is 0 Å². The van der Waals surface area contributed by atoms with Gasteiger partial charge in [-0.15, -0.1) is 0 Å². The van der Waals surface area contributed by atoms with Crippen molar-refractivity contribution >= 4 is 5.97 Å². The van der Waals surface area contributed by atoms with Gasteiger partial charge in [-0.2, -0.15) is 0 Å². The van der Waals surface area contributed by atoms with E-state index >= 15 is 0 Å². The highest BCUT2D eigenvalue weighted by Crippen LogP contribution is 2.37.